The third kappa shape index (κ3) is 4.68. The highest BCUT2D eigenvalue weighted by molar-refractivity contribution is 7.89. The molecule has 0 radical (unpaired) electrons. The molecule has 1 N–H and O–H groups in total. The number of pyridine rings is 1. The van der Waals surface area contributed by atoms with Crippen molar-refractivity contribution in [2.24, 2.45) is 5.92 Å². The number of hydrogen-bond acceptors (Lipinski definition) is 5. The lowest BCUT2D eigenvalue weighted by atomic mass is 9.97. The lowest BCUT2D eigenvalue weighted by Crippen LogP contribution is -2.41. The van der Waals surface area contributed by atoms with Crippen LogP contribution in [0, 0.1) is 11.7 Å². The van der Waals surface area contributed by atoms with E-state index in [1.165, 1.54) is 10.4 Å². The van der Waals surface area contributed by atoms with E-state index in [-0.39, 0.29) is 34.8 Å². The molecule has 1 aromatic carbocycles. The first-order valence-corrected chi connectivity index (χ1v) is 10.9. The maximum absolute atomic E-state index is 13.3. The molecule has 156 valence electrons. The van der Waals surface area contributed by atoms with Gasteiger partial charge in [0.2, 0.25) is 15.9 Å². The number of carbonyl (C=O) groups excluding carboxylic acids is 1. The molecule has 10 heteroatoms. The van der Waals surface area contributed by atoms with Gasteiger partial charge in [0.15, 0.2) is 5.82 Å². The van der Waals surface area contributed by atoms with Crippen LogP contribution in [0.1, 0.15) is 12.8 Å². The van der Waals surface area contributed by atoms with Crippen molar-refractivity contribution in [3.8, 4) is 0 Å². The fourth-order valence-corrected chi connectivity index (χ4v) is 4.97. The molecular formula is C19H22ClFN4O3S. The summed E-state index contributed by atoms with van der Waals surface area (Å²) in [5, 5.41) is 2.65. The van der Waals surface area contributed by atoms with Gasteiger partial charge in [-0.2, -0.15) is 4.31 Å². The van der Waals surface area contributed by atoms with Crippen molar-refractivity contribution in [3.05, 3.63) is 47.4 Å². The van der Waals surface area contributed by atoms with E-state index >= 15 is 0 Å². The zero-order valence-electron chi connectivity index (χ0n) is 16.1. The summed E-state index contributed by atoms with van der Waals surface area (Å²) in [7, 11) is -0.121. The predicted molar refractivity (Wildman–Crippen MR) is 110 cm³/mol. The monoisotopic (exact) mass is 440 g/mol. The van der Waals surface area contributed by atoms with Crippen LogP contribution in [0.2, 0.25) is 5.02 Å². The quantitative estimate of drug-likeness (QED) is 0.772. The van der Waals surface area contributed by atoms with Crippen molar-refractivity contribution in [2.45, 2.75) is 17.7 Å². The standard InChI is InChI=1S/C19H22ClFN4O3S/c1-24(2)18-17(4-3-9-22-18)23-19(26)13-7-10-25(11-8-13)29(27,28)14-5-6-16(21)15(20)12-14/h3-6,9,12-13H,7-8,10-11H2,1-2H3,(H,23,26). The van der Waals surface area contributed by atoms with Gasteiger partial charge in [0.05, 0.1) is 15.6 Å². The van der Waals surface area contributed by atoms with E-state index in [2.05, 4.69) is 10.3 Å². The van der Waals surface area contributed by atoms with Crippen LogP contribution in [-0.2, 0) is 14.8 Å². The molecule has 1 saturated heterocycles. The Bertz CT molecular complexity index is 1010. The number of nitrogens with one attached hydrogen (secondary N) is 1. The van der Waals surface area contributed by atoms with Crippen LogP contribution in [-0.4, -0.2) is 50.8 Å². The smallest absolute Gasteiger partial charge is 0.243 e. The normalized spacial score (nSPS) is 15.9. The Morgan fingerprint density at radius 2 is 1.97 bits per heavy atom. The molecule has 2 aromatic rings. The number of aromatic nitrogens is 1. The molecule has 0 saturated carbocycles. The average Bonchev–Trinajstić information content (AvgIpc) is 2.70. The molecule has 1 fully saturated rings. The zero-order valence-corrected chi connectivity index (χ0v) is 17.7. The molecule has 2 heterocycles. The maximum atomic E-state index is 13.3. The van der Waals surface area contributed by atoms with Crippen molar-refractivity contribution < 1.29 is 17.6 Å². The molecule has 1 aliphatic heterocycles. The summed E-state index contributed by atoms with van der Waals surface area (Å²) in [6, 6.07) is 6.85. The first kappa shape index (κ1) is 21.5. The molecular weight excluding hydrogens is 419 g/mol. The van der Waals surface area contributed by atoms with Gasteiger partial charge in [-0.15, -0.1) is 0 Å². The number of rotatable bonds is 5. The number of amides is 1. The summed E-state index contributed by atoms with van der Waals surface area (Å²) < 4.78 is 40.2. The van der Waals surface area contributed by atoms with Crippen molar-refractivity contribution >= 4 is 39.0 Å². The number of carbonyl (C=O) groups is 1. The van der Waals surface area contributed by atoms with Crippen LogP contribution in [0.3, 0.4) is 0 Å². The Hall–Kier alpha value is -2.23. The van der Waals surface area contributed by atoms with Crippen LogP contribution < -0.4 is 10.2 Å². The molecule has 0 aliphatic carbocycles. The second-order valence-corrected chi connectivity index (χ2v) is 9.36. The van der Waals surface area contributed by atoms with Gasteiger partial charge in [0.1, 0.15) is 5.82 Å². The third-order valence-corrected chi connectivity index (χ3v) is 7.01. The Balaban J connectivity index is 1.66. The highest BCUT2D eigenvalue weighted by Gasteiger charge is 2.32. The Labute approximate surface area is 174 Å². The van der Waals surface area contributed by atoms with Gasteiger partial charge in [-0.25, -0.2) is 17.8 Å². The molecule has 0 bridgehead atoms. The number of sulfonamides is 1. The predicted octanol–water partition coefficient (Wildman–Crippen LogP) is 2.98. The summed E-state index contributed by atoms with van der Waals surface area (Å²) in [5.41, 5.74) is 0.610. The molecule has 7 nitrogen and oxygen atoms in total. The van der Waals surface area contributed by atoms with Crippen LogP contribution in [0.4, 0.5) is 15.9 Å². The van der Waals surface area contributed by atoms with Gasteiger partial charge < -0.3 is 10.2 Å². The molecule has 1 aliphatic rings. The van der Waals surface area contributed by atoms with E-state index in [1.54, 1.807) is 23.2 Å². The maximum Gasteiger partial charge on any atom is 0.243 e. The molecule has 29 heavy (non-hydrogen) atoms. The third-order valence-electron chi connectivity index (χ3n) is 4.82. The summed E-state index contributed by atoms with van der Waals surface area (Å²) >= 11 is 5.72. The first-order valence-electron chi connectivity index (χ1n) is 9.08. The Morgan fingerprint density at radius 1 is 1.28 bits per heavy atom. The lowest BCUT2D eigenvalue weighted by molar-refractivity contribution is -0.120. The lowest BCUT2D eigenvalue weighted by Gasteiger charge is -2.30. The number of benzene rings is 1. The highest BCUT2D eigenvalue weighted by atomic mass is 35.5. The molecule has 0 atom stereocenters. The number of halogens is 2. The van der Waals surface area contributed by atoms with Crippen molar-refractivity contribution in [1.29, 1.82) is 0 Å². The van der Waals surface area contributed by atoms with Gasteiger partial charge in [-0.05, 0) is 43.2 Å². The van der Waals surface area contributed by atoms with Crippen LogP contribution in [0.15, 0.2) is 41.4 Å². The zero-order chi connectivity index (χ0) is 21.2. The van der Waals surface area contributed by atoms with Gasteiger partial charge in [0, 0.05) is 39.3 Å². The van der Waals surface area contributed by atoms with Gasteiger partial charge in [-0.3, -0.25) is 4.79 Å². The van der Waals surface area contributed by atoms with Gasteiger partial charge in [-0.1, -0.05) is 11.6 Å². The minimum atomic E-state index is -3.79. The largest absolute Gasteiger partial charge is 0.361 e. The first-order chi connectivity index (χ1) is 13.7. The minimum absolute atomic E-state index is 0.0576. The van der Waals surface area contributed by atoms with Crippen molar-refractivity contribution in [2.75, 3.05) is 37.4 Å². The number of anilines is 2. The second-order valence-electron chi connectivity index (χ2n) is 7.01. The Kier molecular flexibility index (Phi) is 6.40. The molecule has 3 rings (SSSR count). The number of hydrogen-bond donors (Lipinski definition) is 1. The average molecular weight is 441 g/mol. The molecule has 0 unspecified atom stereocenters. The summed E-state index contributed by atoms with van der Waals surface area (Å²) in [4.78, 5) is 18.7. The second kappa shape index (κ2) is 8.64. The van der Waals surface area contributed by atoms with E-state index in [9.17, 15) is 17.6 Å². The highest BCUT2D eigenvalue weighted by Crippen LogP contribution is 2.28. The van der Waals surface area contributed by atoms with Crippen LogP contribution >= 0.6 is 11.6 Å². The summed E-state index contributed by atoms with van der Waals surface area (Å²) in [6.45, 7) is 0.395. The summed E-state index contributed by atoms with van der Waals surface area (Å²) in [5.74, 6) is -0.501. The van der Waals surface area contributed by atoms with Crippen molar-refractivity contribution in [1.82, 2.24) is 9.29 Å². The van der Waals surface area contributed by atoms with Gasteiger partial charge in [0.25, 0.3) is 0 Å². The summed E-state index contributed by atoms with van der Waals surface area (Å²) in [6.07, 6.45) is 2.42. The molecule has 0 spiro atoms. The fraction of sp³-hybridized carbons (Fsp3) is 0.368. The molecule has 1 aromatic heterocycles. The SMILES string of the molecule is CN(C)c1ncccc1NC(=O)C1CCN(S(=O)(=O)c2ccc(F)c(Cl)c2)CC1. The van der Waals surface area contributed by atoms with Crippen molar-refractivity contribution in [3.63, 3.8) is 0 Å². The fourth-order valence-electron chi connectivity index (χ4n) is 3.23. The van der Waals surface area contributed by atoms with Crippen LogP contribution in [0.25, 0.3) is 0 Å². The number of nitrogens with zero attached hydrogens (tertiary/aromatic N) is 3. The van der Waals surface area contributed by atoms with E-state index < -0.39 is 15.8 Å². The van der Waals surface area contributed by atoms with E-state index in [0.717, 1.165) is 12.1 Å². The van der Waals surface area contributed by atoms with E-state index in [0.29, 0.717) is 24.3 Å². The molecule has 1 amide bonds. The Morgan fingerprint density at radius 3 is 2.59 bits per heavy atom. The minimum Gasteiger partial charge on any atom is -0.361 e. The van der Waals surface area contributed by atoms with Crippen LogP contribution in [0.5, 0.6) is 0 Å². The van der Waals surface area contributed by atoms with E-state index in [4.69, 9.17) is 11.6 Å². The number of piperidine rings is 1. The van der Waals surface area contributed by atoms with Gasteiger partial charge >= 0.3 is 0 Å². The topological polar surface area (TPSA) is 82.6 Å². The van der Waals surface area contributed by atoms with E-state index in [1.807, 2.05) is 14.1 Å².